The van der Waals surface area contributed by atoms with Gasteiger partial charge in [-0.15, -0.1) is 16.4 Å². The first kappa shape index (κ1) is 21.1. The average molecular weight is 439 g/mol. The molecule has 0 aliphatic rings. The summed E-state index contributed by atoms with van der Waals surface area (Å²) in [6, 6.07) is 5.04. The van der Waals surface area contributed by atoms with Gasteiger partial charge in [-0.25, -0.2) is 9.67 Å². The van der Waals surface area contributed by atoms with Gasteiger partial charge in [-0.3, -0.25) is 14.9 Å². The van der Waals surface area contributed by atoms with E-state index in [9.17, 15) is 23.7 Å². The number of amides is 1. The van der Waals surface area contributed by atoms with Crippen molar-refractivity contribution in [2.45, 2.75) is 19.6 Å². The standard InChI is InChI=1S/C17H15F2N5O5S/c1-9(23-7-13(24(26)27)15(22-23)28-2)14(25)21-17-20-12(8-30-17)10-3-5-11(6-4-10)29-16(18)19/h3-9,16H,1-2H3,(H,20,21,25). The predicted molar refractivity (Wildman–Crippen MR) is 103 cm³/mol. The Morgan fingerprint density at radius 1 is 1.33 bits per heavy atom. The van der Waals surface area contributed by atoms with Crippen LogP contribution in [-0.4, -0.2) is 39.3 Å². The number of halogens is 2. The van der Waals surface area contributed by atoms with Crippen LogP contribution in [0.5, 0.6) is 11.6 Å². The topological polar surface area (TPSA) is 121 Å². The number of nitrogens with zero attached hydrogens (tertiary/aromatic N) is 4. The van der Waals surface area contributed by atoms with Crippen molar-refractivity contribution in [1.82, 2.24) is 14.8 Å². The molecule has 10 nitrogen and oxygen atoms in total. The monoisotopic (exact) mass is 439 g/mol. The molecule has 1 aromatic carbocycles. The Kier molecular flexibility index (Phi) is 6.20. The molecule has 1 amide bonds. The van der Waals surface area contributed by atoms with E-state index in [2.05, 4.69) is 20.1 Å². The van der Waals surface area contributed by atoms with Crippen LogP contribution < -0.4 is 14.8 Å². The van der Waals surface area contributed by atoms with E-state index < -0.39 is 23.5 Å². The second-order valence-corrected chi connectivity index (χ2v) is 6.72. The molecule has 2 aromatic heterocycles. The van der Waals surface area contributed by atoms with Crippen molar-refractivity contribution in [2.75, 3.05) is 12.4 Å². The molecule has 3 rings (SSSR count). The maximum Gasteiger partial charge on any atom is 0.387 e. The first-order valence-electron chi connectivity index (χ1n) is 8.37. The minimum atomic E-state index is -2.91. The maximum atomic E-state index is 12.5. The third-order valence-corrected chi connectivity index (χ3v) is 4.71. The number of thiazole rings is 1. The van der Waals surface area contributed by atoms with Gasteiger partial charge in [0, 0.05) is 10.9 Å². The van der Waals surface area contributed by atoms with Gasteiger partial charge in [0.25, 0.3) is 5.91 Å². The number of ether oxygens (including phenoxy) is 2. The zero-order valence-corrected chi connectivity index (χ0v) is 16.4. The number of rotatable bonds is 8. The highest BCUT2D eigenvalue weighted by molar-refractivity contribution is 7.14. The van der Waals surface area contributed by atoms with Crippen molar-refractivity contribution in [3.63, 3.8) is 0 Å². The molecule has 30 heavy (non-hydrogen) atoms. The second kappa shape index (κ2) is 8.82. The summed E-state index contributed by atoms with van der Waals surface area (Å²) >= 11 is 1.16. The molecule has 0 aliphatic heterocycles. The summed E-state index contributed by atoms with van der Waals surface area (Å²) in [5, 5.41) is 19.5. The highest BCUT2D eigenvalue weighted by Gasteiger charge is 2.25. The van der Waals surface area contributed by atoms with Crippen LogP contribution >= 0.6 is 11.3 Å². The highest BCUT2D eigenvalue weighted by Crippen LogP contribution is 2.29. The largest absolute Gasteiger partial charge is 0.475 e. The van der Waals surface area contributed by atoms with Crippen molar-refractivity contribution < 1.29 is 28.0 Å². The van der Waals surface area contributed by atoms with E-state index in [-0.39, 0.29) is 17.3 Å². The fourth-order valence-electron chi connectivity index (χ4n) is 2.44. The number of nitro groups is 1. The molecule has 1 N–H and O–H groups in total. The number of carbonyl (C=O) groups is 1. The van der Waals surface area contributed by atoms with Gasteiger partial charge in [-0.1, -0.05) is 0 Å². The molecule has 13 heteroatoms. The summed E-state index contributed by atoms with van der Waals surface area (Å²) in [4.78, 5) is 27.1. The molecule has 2 heterocycles. The third kappa shape index (κ3) is 4.68. The van der Waals surface area contributed by atoms with Crippen molar-refractivity contribution in [3.05, 3.63) is 46.0 Å². The molecule has 1 unspecified atom stereocenters. The van der Waals surface area contributed by atoms with Crippen LogP contribution in [0, 0.1) is 10.1 Å². The molecule has 0 saturated heterocycles. The number of hydrogen-bond acceptors (Lipinski definition) is 8. The third-order valence-electron chi connectivity index (χ3n) is 3.96. The predicted octanol–water partition coefficient (Wildman–Crippen LogP) is 3.72. The normalized spacial score (nSPS) is 11.9. The van der Waals surface area contributed by atoms with Crippen molar-refractivity contribution in [3.8, 4) is 22.9 Å². The smallest absolute Gasteiger partial charge is 0.387 e. The summed E-state index contributed by atoms with van der Waals surface area (Å²) in [7, 11) is 1.24. The summed E-state index contributed by atoms with van der Waals surface area (Å²) < 4.78 is 34.7. The van der Waals surface area contributed by atoms with Crippen molar-refractivity contribution >= 4 is 28.1 Å². The Bertz CT molecular complexity index is 1050. The molecule has 0 aliphatic carbocycles. The van der Waals surface area contributed by atoms with Gasteiger partial charge in [-0.2, -0.15) is 8.78 Å². The summed E-state index contributed by atoms with van der Waals surface area (Å²) in [6.45, 7) is -1.39. The molecule has 0 fully saturated rings. The Labute approximate surface area is 172 Å². The number of hydrogen-bond donors (Lipinski definition) is 1. The number of aromatic nitrogens is 3. The molecule has 0 radical (unpaired) electrons. The number of alkyl halides is 2. The lowest BCUT2D eigenvalue weighted by molar-refractivity contribution is -0.385. The highest BCUT2D eigenvalue weighted by atomic mass is 32.1. The van der Waals surface area contributed by atoms with Crippen LogP contribution in [-0.2, 0) is 4.79 Å². The molecule has 1 atom stereocenters. The molecule has 0 spiro atoms. The minimum absolute atomic E-state index is 0.0232. The zero-order chi connectivity index (χ0) is 21.8. The first-order valence-corrected chi connectivity index (χ1v) is 9.25. The second-order valence-electron chi connectivity index (χ2n) is 5.87. The average Bonchev–Trinajstić information content (AvgIpc) is 3.34. The van der Waals surface area contributed by atoms with E-state index in [0.29, 0.717) is 16.4 Å². The van der Waals surface area contributed by atoms with Gasteiger partial charge in [0.15, 0.2) is 5.13 Å². The number of methoxy groups -OCH3 is 1. The minimum Gasteiger partial charge on any atom is -0.475 e. The molecule has 0 bridgehead atoms. The van der Waals surface area contributed by atoms with Crippen LogP contribution in [0.2, 0.25) is 0 Å². The van der Waals surface area contributed by atoms with Crippen LogP contribution in [0.15, 0.2) is 35.8 Å². The fourth-order valence-corrected chi connectivity index (χ4v) is 3.16. The lowest BCUT2D eigenvalue weighted by Crippen LogP contribution is -2.24. The first-order chi connectivity index (χ1) is 14.3. The van der Waals surface area contributed by atoms with Gasteiger partial charge in [0.2, 0.25) is 0 Å². The SMILES string of the molecule is COc1nn(C(C)C(=O)Nc2nc(-c3ccc(OC(F)F)cc3)cs2)cc1[N+](=O)[O-]. The Hall–Kier alpha value is -3.61. The van der Waals surface area contributed by atoms with Crippen LogP contribution in [0.25, 0.3) is 11.3 Å². The Balaban J connectivity index is 1.69. The van der Waals surface area contributed by atoms with E-state index in [4.69, 9.17) is 4.74 Å². The summed E-state index contributed by atoms with van der Waals surface area (Å²) in [6.07, 6.45) is 1.11. The van der Waals surface area contributed by atoms with E-state index in [1.54, 1.807) is 17.5 Å². The van der Waals surface area contributed by atoms with Gasteiger partial charge in [-0.05, 0) is 31.2 Å². The lowest BCUT2D eigenvalue weighted by Gasteiger charge is -2.10. The Morgan fingerprint density at radius 2 is 2.03 bits per heavy atom. The van der Waals surface area contributed by atoms with Crippen LogP contribution in [0.3, 0.4) is 0 Å². The quantitative estimate of drug-likeness (QED) is 0.419. The van der Waals surface area contributed by atoms with Crippen molar-refractivity contribution in [2.24, 2.45) is 0 Å². The summed E-state index contributed by atoms with van der Waals surface area (Å²) in [5.41, 5.74) is 0.824. The van der Waals surface area contributed by atoms with E-state index in [1.807, 2.05) is 0 Å². The number of nitrogens with one attached hydrogen (secondary N) is 1. The van der Waals surface area contributed by atoms with E-state index in [0.717, 1.165) is 22.2 Å². The molecule has 3 aromatic rings. The number of carbonyl (C=O) groups excluding carboxylic acids is 1. The van der Waals surface area contributed by atoms with Gasteiger partial charge in [0.05, 0.1) is 17.7 Å². The van der Waals surface area contributed by atoms with Crippen molar-refractivity contribution in [1.29, 1.82) is 0 Å². The lowest BCUT2D eigenvalue weighted by atomic mass is 10.2. The zero-order valence-electron chi connectivity index (χ0n) is 15.6. The van der Waals surface area contributed by atoms with Gasteiger partial charge < -0.3 is 14.8 Å². The molecule has 158 valence electrons. The molecule has 0 saturated carbocycles. The number of benzene rings is 1. The molecular weight excluding hydrogens is 424 g/mol. The molecular formula is C17H15F2N5O5S. The van der Waals surface area contributed by atoms with E-state index >= 15 is 0 Å². The van der Waals surface area contributed by atoms with Gasteiger partial charge >= 0.3 is 18.2 Å². The van der Waals surface area contributed by atoms with Crippen LogP contribution in [0.1, 0.15) is 13.0 Å². The Morgan fingerprint density at radius 3 is 2.60 bits per heavy atom. The van der Waals surface area contributed by atoms with E-state index in [1.165, 1.54) is 26.2 Å². The van der Waals surface area contributed by atoms with Gasteiger partial charge in [0.1, 0.15) is 18.0 Å². The van der Waals surface area contributed by atoms with Crippen LogP contribution in [0.4, 0.5) is 19.6 Å². The fraction of sp³-hybridized carbons (Fsp3) is 0.235. The maximum absolute atomic E-state index is 12.5. The number of anilines is 1. The summed E-state index contributed by atoms with van der Waals surface area (Å²) in [5.74, 6) is -0.665.